The van der Waals surface area contributed by atoms with Gasteiger partial charge in [0.2, 0.25) is 0 Å². The Morgan fingerprint density at radius 3 is 2.40 bits per heavy atom. The Kier molecular flexibility index (Phi) is 4.80. The summed E-state index contributed by atoms with van der Waals surface area (Å²) in [5.41, 5.74) is 1.73. The zero-order chi connectivity index (χ0) is 14.6. The highest BCUT2D eigenvalue weighted by molar-refractivity contribution is 7.94. The van der Waals surface area contributed by atoms with Gasteiger partial charge in [0.1, 0.15) is 4.21 Å². The maximum Gasteiger partial charge on any atom is 0.271 e. The van der Waals surface area contributed by atoms with Gasteiger partial charge in [-0.3, -0.25) is 4.72 Å². The van der Waals surface area contributed by atoms with E-state index in [1.165, 1.54) is 11.6 Å². The summed E-state index contributed by atoms with van der Waals surface area (Å²) in [4.78, 5) is 0.628. The highest BCUT2D eigenvalue weighted by Crippen LogP contribution is 2.24. The van der Waals surface area contributed by atoms with Gasteiger partial charge in [0, 0.05) is 10.6 Å². The van der Waals surface area contributed by atoms with Crippen molar-refractivity contribution in [2.45, 2.75) is 30.6 Å². The topological polar surface area (TPSA) is 66.4 Å². The largest absolute Gasteiger partial charge is 0.391 e. The number of aliphatic hydroxyl groups is 1. The summed E-state index contributed by atoms with van der Waals surface area (Å²) < 4.78 is 27.1. The average Bonchev–Trinajstić information content (AvgIpc) is 2.91. The molecular weight excluding hydrogens is 294 g/mol. The first-order valence-corrected chi connectivity index (χ1v) is 8.66. The van der Waals surface area contributed by atoms with Gasteiger partial charge in [-0.15, -0.1) is 11.3 Å². The Hall–Kier alpha value is -1.37. The van der Waals surface area contributed by atoms with Crippen molar-refractivity contribution in [1.29, 1.82) is 0 Å². The Balaban J connectivity index is 2.15. The third-order valence-electron chi connectivity index (χ3n) is 2.80. The molecule has 20 heavy (non-hydrogen) atoms. The fourth-order valence-corrected chi connectivity index (χ4v) is 4.10. The van der Waals surface area contributed by atoms with Crippen LogP contribution in [0, 0.1) is 0 Å². The molecule has 1 heterocycles. The van der Waals surface area contributed by atoms with Gasteiger partial charge in [0.05, 0.1) is 6.61 Å². The molecule has 4 nitrogen and oxygen atoms in total. The molecule has 0 bridgehead atoms. The van der Waals surface area contributed by atoms with Gasteiger partial charge in [0.25, 0.3) is 10.0 Å². The van der Waals surface area contributed by atoms with Crippen molar-refractivity contribution in [2.24, 2.45) is 0 Å². The summed E-state index contributed by atoms with van der Waals surface area (Å²) in [6.07, 6.45) is 2.04. The van der Waals surface area contributed by atoms with Crippen molar-refractivity contribution in [3.8, 4) is 0 Å². The molecule has 0 spiro atoms. The monoisotopic (exact) mass is 311 g/mol. The van der Waals surface area contributed by atoms with Crippen LogP contribution in [0.2, 0.25) is 0 Å². The Morgan fingerprint density at radius 2 is 1.85 bits per heavy atom. The van der Waals surface area contributed by atoms with Crippen molar-refractivity contribution < 1.29 is 13.5 Å². The fourth-order valence-electron chi connectivity index (χ4n) is 1.82. The van der Waals surface area contributed by atoms with Crippen LogP contribution in [0.3, 0.4) is 0 Å². The van der Waals surface area contributed by atoms with Crippen molar-refractivity contribution in [2.75, 3.05) is 4.72 Å². The number of hydrogen-bond acceptors (Lipinski definition) is 4. The summed E-state index contributed by atoms with van der Waals surface area (Å²) in [5, 5.41) is 8.98. The van der Waals surface area contributed by atoms with Crippen LogP contribution in [0.1, 0.15) is 23.8 Å². The SMILES string of the molecule is CCCc1ccc(NS(=O)(=O)c2ccc(CO)s2)cc1. The molecule has 1 aromatic heterocycles. The van der Waals surface area contributed by atoms with Crippen molar-refractivity contribution in [1.82, 2.24) is 0 Å². The lowest BCUT2D eigenvalue weighted by atomic mass is 10.1. The van der Waals surface area contributed by atoms with Gasteiger partial charge in [-0.1, -0.05) is 25.5 Å². The summed E-state index contributed by atoms with van der Waals surface area (Å²) in [5.74, 6) is 0. The normalized spacial score (nSPS) is 11.5. The zero-order valence-electron chi connectivity index (χ0n) is 11.2. The lowest BCUT2D eigenvalue weighted by Crippen LogP contribution is -2.11. The second kappa shape index (κ2) is 6.39. The molecule has 6 heteroatoms. The van der Waals surface area contributed by atoms with E-state index in [1.807, 2.05) is 12.1 Å². The van der Waals surface area contributed by atoms with Gasteiger partial charge in [-0.05, 0) is 36.2 Å². The molecule has 0 unspecified atom stereocenters. The lowest BCUT2D eigenvalue weighted by Gasteiger charge is -2.07. The third-order valence-corrected chi connectivity index (χ3v) is 5.75. The van der Waals surface area contributed by atoms with E-state index in [2.05, 4.69) is 11.6 Å². The van der Waals surface area contributed by atoms with E-state index < -0.39 is 10.0 Å². The number of aliphatic hydroxyl groups excluding tert-OH is 1. The van der Waals surface area contributed by atoms with Gasteiger partial charge in [-0.25, -0.2) is 8.42 Å². The second-order valence-corrected chi connectivity index (χ2v) is 7.51. The van der Waals surface area contributed by atoms with E-state index in [-0.39, 0.29) is 10.8 Å². The molecule has 1 aromatic carbocycles. The number of nitrogens with one attached hydrogen (secondary N) is 1. The Labute approximate surface area is 123 Å². The molecule has 0 radical (unpaired) electrons. The van der Waals surface area contributed by atoms with Crippen LogP contribution >= 0.6 is 11.3 Å². The maximum atomic E-state index is 12.2. The van der Waals surface area contributed by atoms with Crippen LogP contribution in [0.15, 0.2) is 40.6 Å². The molecule has 0 aliphatic heterocycles. The zero-order valence-corrected chi connectivity index (χ0v) is 12.8. The number of anilines is 1. The highest BCUT2D eigenvalue weighted by Gasteiger charge is 2.16. The summed E-state index contributed by atoms with van der Waals surface area (Å²) in [7, 11) is -3.57. The van der Waals surface area contributed by atoms with E-state index in [4.69, 9.17) is 5.11 Å². The van der Waals surface area contributed by atoms with E-state index >= 15 is 0 Å². The first kappa shape index (κ1) is 15.0. The van der Waals surface area contributed by atoms with Crippen LogP contribution in [0.5, 0.6) is 0 Å². The van der Waals surface area contributed by atoms with E-state index in [0.29, 0.717) is 10.6 Å². The molecule has 0 fully saturated rings. The van der Waals surface area contributed by atoms with Crippen molar-refractivity contribution in [3.63, 3.8) is 0 Å². The minimum Gasteiger partial charge on any atom is -0.391 e. The number of sulfonamides is 1. The first-order chi connectivity index (χ1) is 9.55. The van der Waals surface area contributed by atoms with Crippen molar-refractivity contribution in [3.05, 3.63) is 46.8 Å². The molecule has 0 amide bonds. The third kappa shape index (κ3) is 3.59. The van der Waals surface area contributed by atoms with E-state index in [9.17, 15) is 8.42 Å². The van der Waals surface area contributed by atoms with Gasteiger partial charge in [0.15, 0.2) is 0 Å². The quantitative estimate of drug-likeness (QED) is 0.862. The van der Waals surface area contributed by atoms with Crippen LogP contribution in [0.4, 0.5) is 5.69 Å². The van der Waals surface area contributed by atoms with Crippen LogP contribution < -0.4 is 4.72 Å². The predicted molar refractivity (Wildman–Crippen MR) is 81.5 cm³/mol. The molecule has 0 saturated carbocycles. The number of aryl methyl sites for hydroxylation is 1. The Morgan fingerprint density at radius 1 is 1.15 bits per heavy atom. The molecule has 108 valence electrons. The predicted octanol–water partition coefficient (Wildman–Crippen LogP) is 2.99. The highest BCUT2D eigenvalue weighted by atomic mass is 32.2. The summed E-state index contributed by atoms with van der Waals surface area (Å²) in [6, 6.07) is 10.5. The average molecular weight is 311 g/mol. The molecule has 0 aliphatic rings. The van der Waals surface area contributed by atoms with Crippen LogP contribution in [0.25, 0.3) is 0 Å². The molecule has 2 aromatic rings. The first-order valence-electron chi connectivity index (χ1n) is 6.36. The molecule has 0 aliphatic carbocycles. The smallest absolute Gasteiger partial charge is 0.271 e. The minimum absolute atomic E-state index is 0.147. The molecular formula is C14H17NO3S2. The molecule has 2 N–H and O–H groups in total. The Bertz CT molecular complexity index is 660. The van der Waals surface area contributed by atoms with Gasteiger partial charge >= 0.3 is 0 Å². The lowest BCUT2D eigenvalue weighted by molar-refractivity contribution is 0.285. The maximum absolute atomic E-state index is 12.2. The number of benzene rings is 1. The van der Waals surface area contributed by atoms with Gasteiger partial charge < -0.3 is 5.11 Å². The van der Waals surface area contributed by atoms with Gasteiger partial charge in [-0.2, -0.15) is 0 Å². The molecule has 0 saturated heterocycles. The second-order valence-electron chi connectivity index (χ2n) is 4.43. The van der Waals surface area contributed by atoms with E-state index in [0.717, 1.165) is 24.2 Å². The van der Waals surface area contributed by atoms with E-state index in [1.54, 1.807) is 18.2 Å². The summed E-state index contributed by atoms with van der Waals surface area (Å²) >= 11 is 1.07. The summed E-state index contributed by atoms with van der Waals surface area (Å²) in [6.45, 7) is 1.96. The molecule has 2 rings (SSSR count). The van der Waals surface area contributed by atoms with Crippen LogP contribution in [-0.4, -0.2) is 13.5 Å². The number of thiophene rings is 1. The minimum atomic E-state index is -3.57. The number of rotatable bonds is 6. The number of hydrogen-bond donors (Lipinski definition) is 2. The fraction of sp³-hybridized carbons (Fsp3) is 0.286. The molecule has 0 atom stereocenters. The van der Waals surface area contributed by atoms with Crippen molar-refractivity contribution >= 4 is 27.0 Å². The standard InChI is InChI=1S/C14H17NO3S2/c1-2-3-11-4-6-12(7-5-11)15-20(17,18)14-9-8-13(10-16)19-14/h4-9,15-16H,2-3,10H2,1H3. The van der Waals surface area contributed by atoms with Crippen LogP contribution in [-0.2, 0) is 23.1 Å².